The molecule has 0 amide bonds. The highest BCUT2D eigenvalue weighted by Gasteiger charge is 2.21. The van der Waals surface area contributed by atoms with Gasteiger partial charge in [-0.15, -0.1) is 11.3 Å². The predicted molar refractivity (Wildman–Crippen MR) is 80.4 cm³/mol. The summed E-state index contributed by atoms with van der Waals surface area (Å²) in [7, 11) is 0. The van der Waals surface area contributed by atoms with Crippen LogP contribution < -0.4 is 5.73 Å². The van der Waals surface area contributed by atoms with Gasteiger partial charge in [0.25, 0.3) is 0 Å². The van der Waals surface area contributed by atoms with Crippen LogP contribution in [0, 0.1) is 0 Å². The van der Waals surface area contributed by atoms with Crippen molar-refractivity contribution in [2.24, 2.45) is 10.9 Å². The fourth-order valence-corrected chi connectivity index (χ4v) is 2.49. The number of amidine groups is 1. The number of hydrogen-bond acceptors (Lipinski definition) is 5. The van der Waals surface area contributed by atoms with Crippen LogP contribution in [0.4, 0.5) is 0 Å². The summed E-state index contributed by atoms with van der Waals surface area (Å²) in [4.78, 5) is 17.7. The van der Waals surface area contributed by atoms with Crippen molar-refractivity contribution in [3.63, 3.8) is 0 Å². The number of nitrogens with two attached hydrogens (primary N) is 1. The van der Waals surface area contributed by atoms with Crippen LogP contribution in [-0.2, 0) is 9.63 Å². The lowest BCUT2D eigenvalue weighted by atomic mass is 10.2. The summed E-state index contributed by atoms with van der Waals surface area (Å²) in [6.45, 7) is 1.87. The smallest absolute Gasteiger partial charge is 0.359 e. The first-order valence-electron chi connectivity index (χ1n) is 5.89. The van der Waals surface area contributed by atoms with E-state index < -0.39 is 12.0 Å². The second kappa shape index (κ2) is 6.67. The number of hydrogen-bond donors (Lipinski definition) is 1. The molecule has 20 heavy (non-hydrogen) atoms. The van der Waals surface area contributed by atoms with Crippen LogP contribution in [0.2, 0.25) is 0 Å². The first kappa shape index (κ1) is 14.7. The van der Waals surface area contributed by atoms with Crippen molar-refractivity contribution < 1.29 is 9.63 Å². The topological polar surface area (TPSA) is 82.5 Å². The Morgan fingerprint density at radius 3 is 3.05 bits per heavy atom. The molecule has 1 atom stereocenters. The number of halogens is 1. The Kier molecular flexibility index (Phi) is 4.91. The summed E-state index contributed by atoms with van der Waals surface area (Å²) in [5.74, 6) is -0.313. The maximum Gasteiger partial charge on any atom is 0.359 e. The monoisotopic (exact) mass is 356 g/mol. The van der Waals surface area contributed by atoms with Gasteiger partial charge in [-0.1, -0.05) is 18.1 Å². The molecule has 2 rings (SSSR count). The van der Waals surface area contributed by atoms with E-state index in [0.717, 1.165) is 9.35 Å². The van der Waals surface area contributed by atoms with Gasteiger partial charge in [0.2, 0.25) is 0 Å². The molecule has 0 aromatic carbocycles. The molecule has 0 aliphatic carbocycles. The van der Waals surface area contributed by atoms with E-state index in [2.05, 4.69) is 26.2 Å². The first-order valence-corrected chi connectivity index (χ1v) is 7.57. The molecule has 0 radical (unpaired) electrons. The summed E-state index contributed by atoms with van der Waals surface area (Å²) in [5, 5.41) is 9.62. The van der Waals surface area contributed by atoms with E-state index in [1.54, 1.807) is 18.5 Å². The van der Waals surface area contributed by atoms with E-state index in [4.69, 9.17) is 10.6 Å². The van der Waals surface area contributed by atoms with Crippen LogP contribution in [0.15, 0.2) is 39.5 Å². The van der Waals surface area contributed by atoms with Gasteiger partial charge in [0.1, 0.15) is 0 Å². The Labute approximate surface area is 128 Å². The molecule has 2 aromatic heterocycles. The number of aromatic nitrogens is 2. The van der Waals surface area contributed by atoms with E-state index in [-0.39, 0.29) is 5.84 Å². The number of carbonyl (C=O) groups is 1. The van der Waals surface area contributed by atoms with Gasteiger partial charge in [-0.2, -0.15) is 5.10 Å². The number of rotatable bonds is 5. The van der Waals surface area contributed by atoms with Crippen molar-refractivity contribution in [1.29, 1.82) is 0 Å². The van der Waals surface area contributed by atoms with Crippen LogP contribution in [0.25, 0.3) is 0 Å². The predicted octanol–water partition coefficient (Wildman–Crippen LogP) is 2.52. The molecular weight excluding hydrogens is 344 g/mol. The molecule has 0 fully saturated rings. The minimum atomic E-state index is -0.527. The van der Waals surface area contributed by atoms with Crippen LogP contribution in [0.5, 0.6) is 0 Å². The lowest BCUT2D eigenvalue weighted by Gasteiger charge is -2.11. The number of carbonyl (C=O) groups excluding carboxylic acids is 1. The lowest BCUT2D eigenvalue weighted by molar-refractivity contribution is -0.148. The van der Waals surface area contributed by atoms with Gasteiger partial charge < -0.3 is 10.6 Å². The zero-order chi connectivity index (χ0) is 14.5. The Hall–Kier alpha value is -1.67. The van der Waals surface area contributed by atoms with Crippen molar-refractivity contribution in [2.45, 2.75) is 19.4 Å². The molecule has 8 heteroatoms. The summed E-state index contributed by atoms with van der Waals surface area (Å²) >= 11 is 4.71. The number of thiophene rings is 1. The van der Waals surface area contributed by atoms with E-state index >= 15 is 0 Å². The largest absolute Gasteiger partial charge is 0.380 e. The SMILES string of the molecule is CCC(C(=O)O/N=C(\N)c1cccs1)n1cc(Br)cn1. The summed E-state index contributed by atoms with van der Waals surface area (Å²) in [5.41, 5.74) is 5.73. The van der Waals surface area contributed by atoms with Gasteiger partial charge in [-0.3, -0.25) is 4.68 Å². The molecule has 0 bridgehead atoms. The number of nitrogens with zero attached hydrogens (tertiary/aromatic N) is 3. The van der Waals surface area contributed by atoms with Gasteiger partial charge in [0.05, 0.1) is 15.5 Å². The molecule has 2 heterocycles. The second-order valence-corrected chi connectivity index (χ2v) is 5.79. The molecular formula is C12H13BrN4O2S. The second-order valence-electron chi connectivity index (χ2n) is 3.93. The third kappa shape index (κ3) is 3.45. The highest BCUT2D eigenvalue weighted by molar-refractivity contribution is 9.10. The number of oxime groups is 1. The average molecular weight is 357 g/mol. The molecule has 0 saturated carbocycles. The Bertz CT molecular complexity index is 609. The highest BCUT2D eigenvalue weighted by Crippen LogP contribution is 2.16. The summed E-state index contributed by atoms with van der Waals surface area (Å²) in [6, 6.07) is 3.13. The molecule has 2 N–H and O–H groups in total. The normalized spacial score (nSPS) is 13.2. The van der Waals surface area contributed by atoms with Crippen LogP contribution >= 0.6 is 27.3 Å². The van der Waals surface area contributed by atoms with Gasteiger partial charge in [0, 0.05) is 6.20 Å². The molecule has 0 aliphatic rings. The van der Waals surface area contributed by atoms with Gasteiger partial charge in [-0.05, 0) is 33.8 Å². The lowest BCUT2D eigenvalue weighted by Crippen LogP contribution is -2.22. The molecule has 1 unspecified atom stereocenters. The third-order valence-corrected chi connectivity index (χ3v) is 3.86. The van der Waals surface area contributed by atoms with Crippen LogP contribution in [0.3, 0.4) is 0 Å². The van der Waals surface area contributed by atoms with E-state index in [1.165, 1.54) is 16.0 Å². The molecule has 106 valence electrons. The van der Waals surface area contributed by atoms with Gasteiger partial charge >= 0.3 is 5.97 Å². The zero-order valence-electron chi connectivity index (χ0n) is 10.7. The standard InChI is InChI=1S/C12H13BrN4O2S/c1-2-9(17-7-8(13)6-15-17)12(18)19-16-11(14)10-4-3-5-20-10/h3-7,9H,2H2,1H3,(H2,14,16). The van der Waals surface area contributed by atoms with Crippen LogP contribution in [-0.4, -0.2) is 21.6 Å². The van der Waals surface area contributed by atoms with Crippen molar-refractivity contribution >= 4 is 39.1 Å². The fourth-order valence-electron chi connectivity index (χ4n) is 1.57. The Balaban J connectivity index is 2.05. The molecule has 0 spiro atoms. The maximum absolute atomic E-state index is 12.0. The van der Waals surface area contributed by atoms with Crippen molar-refractivity contribution in [3.8, 4) is 0 Å². The molecule has 0 aliphatic heterocycles. The quantitative estimate of drug-likeness (QED) is 0.386. The minimum absolute atomic E-state index is 0.185. The van der Waals surface area contributed by atoms with Crippen LogP contribution in [0.1, 0.15) is 24.3 Å². The van der Waals surface area contributed by atoms with Crippen molar-refractivity contribution in [2.75, 3.05) is 0 Å². The summed E-state index contributed by atoms with van der Waals surface area (Å²) < 4.78 is 2.33. The van der Waals surface area contributed by atoms with E-state index in [1.807, 2.05) is 18.4 Å². The van der Waals surface area contributed by atoms with Gasteiger partial charge in [0.15, 0.2) is 11.9 Å². The van der Waals surface area contributed by atoms with Gasteiger partial charge in [-0.25, -0.2) is 4.79 Å². The molecule has 2 aromatic rings. The third-order valence-electron chi connectivity index (χ3n) is 2.56. The van der Waals surface area contributed by atoms with Crippen molar-refractivity contribution in [1.82, 2.24) is 9.78 Å². The summed E-state index contributed by atoms with van der Waals surface area (Å²) in [6.07, 6.45) is 3.86. The zero-order valence-corrected chi connectivity index (χ0v) is 13.1. The highest BCUT2D eigenvalue weighted by atomic mass is 79.9. The average Bonchev–Trinajstić information content (AvgIpc) is 3.08. The first-order chi connectivity index (χ1) is 9.61. The fraction of sp³-hybridized carbons (Fsp3) is 0.250. The Morgan fingerprint density at radius 1 is 1.70 bits per heavy atom. The Morgan fingerprint density at radius 2 is 2.50 bits per heavy atom. The maximum atomic E-state index is 12.0. The van der Waals surface area contributed by atoms with Crippen molar-refractivity contribution in [3.05, 3.63) is 39.3 Å². The van der Waals surface area contributed by atoms with E-state index in [0.29, 0.717) is 6.42 Å². The minimum Gasteiger partial charge on any atom is -0.380 e. The molecule has 6 nitrogen and oxygen atoms in total. The molecule has 0 saturated heterocycles. The van der Waals surface area contributed by atoms with E-state index in [9.17, 15) is 4.79 Å².